The molecule has 1 aliphatic heterocycles. The van der Waals surface area contributed by atoms with Crippen LogP contribution in [0.1, 0.15) is 55.7 Å². The van der Waals surface area contributed by atoms with E-state index in [1.54, 1.807) is 0 Å². The Kier molecular flexibility index (Phi) is 3.99. The summed E-state index contributed by atoms with van der Waals surface area (Å²) >= 11 is 0. The highest BCUT2D eigenvalue weighted by atomic mass is 16.5. The summed E-state index contributed by atoms with van der Waals surface area (Å²) in [7, 11) is 0. The van der Waals surface area contributed by atoms with E-state index in [9.17, 15) is 0 Å². The molecule has 2 fully saturated rings. The third-order valence-corrected chi connectivity index (χ3v) is 5.33. The van der Waals surface area contributed by atoms with Gasteiger partial charge in [-0.2, -0.15) is 5.10 Å². The van der Waals surface area contributed by atoms with E-state index >= 15 is 0 Å². The fourth-order valence-electron chi connectivity index (χ4n) is 3.90. The predicted octanol–water partition coefficient (Wildman–Crippen LogP) is 2.69. The topological polar surface area (TPSA) is 39.1 Å². The summed E-state index contributed by atoms with van der Waals surface area (Å²) in [5.41, 5.74) is 2.84. The van der Waals surface area contributed by atoms with Gasteiger partial charge in [0.15, 0.2) is 0 Å². The number of hydrogen-bond acceptors (Lipinski definition) is 3. The number of nitrogens with one attached hydrogen (secondary N) is 1. The molecular weight excluding hydrogens is 262 g/mol. The Hall–Kier alpha value is -0.870. The Morgan fingerprint density at radius 2 is 2.00 bits per heavy atom. The Labute approximate surface area is 127 Å². The van der Waals surface area contributed by atoms with Crippen LogP contribution in [0.2, 0.25) is 0 Å². The van der Waals surface area contributed by atoms with Crippen molar-refractivity contribution in [2.45, 2.75) is 57.5 Å². The molecule has 2 aliphatic carbocycles. The van der Waals surface area contributed by atoms with E-state index in [-0.39, 0.29) is 0 Å². The van der Waals surface area contributed by atoms with Gasteiger partial charge in [-0.1, -0.05) is 12.8 Å². The molecule has 0 spiro atoms. The van der Waals surface area contributed by atoms with Gasteiger partial charge in [0.1, 0.15) is 0 Å². The Morgan fingerprint density at radius 3 is 2.81 bits per heavy atom. The third-order valence-electron chi connectivity index (χ3n) is 5.33. The highest BCUT2D eigenvalue weighted by molar-refractivity contribution is 5.25. The van der Waals surface area contributed by atoms with E-state index in [2.05, 4.69) is 21.3 Å². The first-order valence-corrected chi connectivity index (χ1v) is 8.73. The van der Waals surface area contributed by atoms with Gasteiger partial charge < -0.3 is 10.1 Å². The van der Waals surface area contributed by atoms with Gasteiger partial charge in [-0.25, -0.2) is 0 Å². The van der Waals surface area contributed by atoms with Crippen LogP contribution in [0.15, 0.2) is 6.20 Å². The minimum absolute atomic E-state index is 0.483. The number of aromatic nitrogens is 2. The van der Waals surface area contributed by atoms with Crippen LogP contribution in [0.25, 0.3) is 0 Å². The van der Waals surface area contributed by atoms with Gasteiger partial charge in [0.05, 0.1) is 12.8 Å². The van der Waals surface area contributed by atoms with E-state index in [0.717, 1.165) is 44.7 Å². The molecule has 1 N–H and O–H groups in total. The van der Waals surface area contributed by atoms with Crippen molar-refractivity contribution >= 4 is 0 Å². The first-order chi connectivity index (χ1) is 10.4. The molecule has 1 atom stereocenters. The standard InChI is InChI=1S/C17H27N3O/c1-2-4-13(3-1)10-20-17-15(9-19-20)7-18-8-16(17)12-21-11-14-5-6-14/h9,13-14,16,18H,1-8,10-12H2/t16-/m0/s1. The quantitative estimate of drug-likeness (QED) is 0.875. The lowest BCUT2D eigenvalue weighted by Gasteiger charge is -2.26. The molecule has 2 saturated carbocycles. The molecule has 21 heavy (non-hydrogen) atoms. The van der Waals surface area contributed by atoms with Crippen molar-refractivity contribution in [1.29, 1.82) is 0 Å². The first kappa shape index (κ1) is 13.8. The van der Waals surface area contributed by atoms with Crippen LogP contribution in [0.4, 0.5) is 0 Å². The summed E-state index contributed by atoms with van der Waals surface area (Å²) in [5, 5.41) is 8.21. The van der Waals surface area contributed by atoms with Crippen molar-refractivity contribution in [3.05, 3.63) is 17.5 Å². The lowest BCUT2D eigenvalue weighted by atomic mass is 9.98. The number of fused-ring (bicyclic) bond motifs is 1. The van der Waals surface area contributed by atoms with E-state index in [1.165, 1.54) is 49.8 Å². The van der Waals surface area contributed by atoms with Crippen LogP contribution in [-0.2, 0) is 17.8 Å². The van der Waals surface area contributed by atoms with Crippen LogP contribution in [0, 0.1) is 11.8 Å². The van der Waals surface area contributed by atoms with E-state index < -0.39 is 0 Å². The summed E-state index contributed by atoms with van der Waals surface area (Å²) in [6.45, 7) is 4.94. The lowest BCUT2D eigenvalue weighted by Crippen LogP contribution is -2.32. The van der Waals surface area contributed by atoms with Gasteiger partial charge in [-0.3, -0.25) is 4.68 Å². The van der Waals surface area contributed by atoms with Crippen molar-refractivity contribution in [3.8, 4) is 0 Å². The number of rotatable bonds is 6. The second-order valence-corrected chi connectivity index (χ2v) is 7.20. The van der Waals surface area contributed by atoms with E-state index in [0.29, 0.717) is 5.92 Å². The van der Waals surface area contributed by atoms with Gasteiger partial charge in [0.25, 0.3) is 0 Å². The van der Waals surface area contributed by atoms with Gasteiger partial charge in [-0.15, -0.1) is 0 Å². The third kappa shape index (κ3) is 3.16. The van der Waals surface area contributed by atoms with Crippen molar-refractivity contribution in [2.75, 3.05) is 19.8 Å². The van der Waals surface area contributed by atoms with Crippen molar-refractivity contribution in [3.63, 3.8) is 0 Å². The predicted molar refractivity (Wildman–Crippen MR) is 82.2 cm³/mol. The SMILES string of the molecule is c1nn(CC2CCCC2)c2c1CNC[C@H]2COCC1CC1. The molecular formula is C17H27N3O. The molecule has 2 heterocycles. The van der Waals surface area contributed by atoms with Crippen molar-refractivity contribution < 1.29 is 4.74 Å². The zero-order valence-electron chi connectivity index (χ0n) is 12.9. The lowest BCUT2D eigenvalue weighted by molar-refractivity contribution is 0.106. The summed E-state index contributed by atoms with van der Waals surface area (Å²) in [6, 6.07) is 0. The summed E-state index contributed by atoms with van der Waals surface area (Å²) in [6.07, 6.45) is 10.4. The Balaban J connectivity index is 1.43. The van der Waals surface area contributed by atoms with Crippen molar-refractivity contribution in [1.82, 2.24) is 15.1 Å². The van der Waals surface area contributed by atoms with E-state index in [4.69, 9.17) is 4.74 Å². The Bertz CT molecular complexity index is 474. The molecule has 0 aromatic carbocycles. The molecule has 4 nitrogen and oxygen atoms in total. The number of nitrogens with zero attached hydrogens (tertiary/aromatic N) is 2. The van der Waals surface area contributed by atoms with Gasteiger partial charge in [0.2, 0.25) is 0 Å². The Morgan fingerprint density at radius 1 is 1.14 bits per heavy atom. The maximum absolute atomic E-state index is 5.97. The van der Waals surface area contributed by atoms with Gasteiger partial charge in [0, 0.05) is 43.4 Å². The zero-order chi connectivity index (χ0) is 14.1. The molecule has 0 saturated heterocycles. The maximum atomic E-state index is 5.97. The van der Waals surface area contributed by atoms with Crippen LogP contribution < -0.4 is 5.32 Å². The molecule has 1 aromatic rings. The smallest absolute Gasteiger partial charge is 0.0562 e. The normalized spacial score (nSPS) is 26.2. The molecule has 116 valence electrons. The van der Waals surface area contributed by atoms with Gasteiger partial charge >= 0.3 is 0 Å². The van der Waals surface area contributed by atoms with Crippen molar-refractivity contribution in [2.24, 2.45) is 11.8 Å². The number of ether oxygens (including phenoxy) is 1. The van der Waals surface area contributed by atoms with Crippen LogP contribution in [0.3, 0.4) is 0 Å². The van der Waals surface area contributed by atoms with Crippen LogP contribution in [-0.4, -0.2) is 29.5 Å². The highest BCUT2D eigenvalue weighted by Gasteiger charge is 2.28. The van der Waals surface area contributed by atoms with Crippen LogP contribution in [0.5, 0.6) is 0 Å². The molecule has 0 amide bonds. The highest BCUT2D eigenvalue weighted by Crippen LogP contribution is 2.31. The zero-order valence-corrected chi connectivity index (χ0v) is 12.9. The second kappa shape index (κ2) is 6.09. The second-order valence-electron chi connectivity index (χ2n) is 7.20. The van der Waals surface area contributed by atoms with E-state index in [1.807, 2.05) is 0 Å². The molecule has 0 radical (unpaired) electrons. The molecule has 0 unspecified atom stereocenters. The summed E-state index contributed by atoms with van der Waals surface area (Å²) < 4.78 is 8.27. The molecule has 4 rings (SSSR count). The van der Waals surface area contributed by atoms with Crippen LogP contribution >= 0.6 is 0 Å². The fourth-order valence-corrected chi connectivity index (χ4v) is 3.90. The summed E-state index contributed by atoms with van der Waals surface area (Å²) in [5.74, 6) is 2.18. The molecule has 0 bridgehead atoms. The number of hydrogen-bond donors (Lipinski definition) is 1. The van der Waals surface area contributed by atoms with Gasteiger partial charge in [-0.05, 0) is 37.5 Å². The minimum atomic E-state index is 0.483. The monoisotopic (exact) mass is 289 g/mol. The molecule has 4 heteroatoms. The molecule has 3 aliphatic rings. The minimum Gasteiger partial charge on any atom is -0.380 e. The largest absolute Gasteiger partial charge is 0.380 e. The average molecular weight is 289 g/mol. The average Bonchev–Trinajstić information content (AvgIpc) is 3.01. The fraction of sp³-hybridized carbons (Fsp3) is 0.824. The maximum Gasteiger partial charge on any atom is 0.0562 e. The molecule has 1 aromatic heterocycles. The summed E-state index contributed by atoms with van der Waals surface area (Å²) in [4.78, 5) is 0. The first-order valence-electron chi connectivity index (χ1n) is 8.73.